The number of hydrogen-bond donors (Lipinski definition) is 1. The van der Waals surface area contributed by atoms with E-state index in [0.717, 1.165) is 24.1 Å². The zero-order valence-corrected chi connectivity index (χ0v) is 18.0. The van der Waals surface area contributed by atoms with Gasteiger partial charge in [0.15, 0.2) is 0 Å². The minimum Gasteiger partial charge on any atom is -0.493 e. The molecule has 0 fully saturated rings. The van der Waals surface area contributed by atoms with Gasteiger partial charge in [0.05, 0.1) is 11.5 Å². The third kappa shape index (κ3) is 5.09. The molecule has 1 amide bonds. The second-order valence-electron chi connectivity index (χ2n) is 7.63. The van der Waals surface area contributed by atoms with Crippen LogP contribution in [0.4, 0.5) is 11.4 Å². The monoisotopic (exact) mass is 416 g/mol. The molecule has 0 unspecified atom stereocenters. The molecule has 0 aliphatic carbocycles. The molecule has 6 nitrogen and oxygen atoms in total. The largest absolute Gasteiger partial charge is 0.493 e. The van der Waals surface area contributed by atoms with Crippen molar-refractivity contribution >= 4 is 27.3 Å². The third-order valence-corrected chi connectivity index (χ3v) is 6.17. The molecule has 1 aliphatic heterocycles. The molecule has 0 spiro atoms. The number of hydrogen-bond acceptors (Lipinski definition) is 4. The van der Waals surface area contributed by atoms with Crippen molar-refractivity contribution in [3.05, 3.63) is 48.0 Å². The Bertz CT molecular complexity index is 969. The fourth-order valence-corrected chi connectivity index (χ4v) is 4.35. The van der Waals surface area contributed by atoms with Crippen molar-refractivity contribution in [1.82, 2.24) is 0 Å². The topological polar surface area (TPSA) is 75.7 Å². The van der Waals surface area contributed by atoms with Gasteiger partial charge in [0.25, 0.3) is 10.0 Å². The molecular weight excluding hydrogens is 388 g/mol. The van der Waals surface area contributed by atoms with Gasteiger partial charge in [-0.3, -0.25) is 9.52 Å². The van der Waals surface area contributed by atoms with Gasteiger partial charge in [-0.05, 0) is 66.8 Å². The van der Waals surface area contributed by atoms with E-state index in [2.05, 4.69) is 18.6 Å². The average Bonchev–Trinajstić information content (AvgIpc) is 2.71. The third-order valence-electron chi connectivity index (χ3n) is 4.77. The molecular formula is C22H28N2O4S. The lowest BCUT2D eigenvalue weighted by molar-refractivity contribution is -0.118. The number of ether oxygens (including phenoxy) is 1. The van der Waals surface area contributed by atoms with Crippen molar-refractivity contribution < 1.29 is 17.9 Å². The number of benzene rings is 2. The summed E-state index contributed by atoms with van der Waals surface area (Å²) in [7, 11) is -3.71. The summed E-state index contributed by atoms with van der Waals surface area (Å²) in [6.45, 7) is 7.24. The van der Waals surface area contributed by atoms with Gasteiger partial charge < -0.3 is 9.64 Å². The van der Waals surface area contributed by atoms with Crippen LogP contribution in [0.15, 0.2) is 47.4 Å². The van der Waals surface area contributed by atoms with Crippen molar-refractivity contribution in [2.24, 2.45) is 5.92 Å². The molecule has 0 saturated carbocycles. The van der Waals surface area contributed by atoms with Gasteiger partial charge in [0.2, 0.25) is 5.91 Å². The van der Waals surface area contributed by atoms with E-state index in [1.54, 1.807) is 23.1 Å². The van der Waals surface area contributed by atoms with Crippen LogP contribution in [0.3, 0.4) is 0 Å². The van der Waals surface area contributed by atoms with Crippen molar-refractivity contribution in [2.45, 2.75) is 44.9 Å². The lowest BCUT2D eigenvalue weighted by Crippen LogP contribution is -2.34. The van der Waals surface area contributed by atoms with E-state index in [1.165, 1.54) is 12.1 Å². The van der Waals surface area contributed by atoms with E-state index in [4.69, 9.17) is 4.74 Å². The number of carbonyl (C=O) groups excluding carboxylic acids is 1. The summed E-state index contributed by atoms with van der Waals surface area (Å²) in [5, 5.41) is 0. The van der Waals surface area contributed by atoms with Gasteiger partial charge in [0.1, 0.15) is 5.75 Å². The standard InChI is InChI=1S/C22H28N2O4S/c1-4-22(25)24-13-5-6-17-14-18(7-12-21(17)24)23-29(26,27)20-10-8-19(9-11-20)28-15-16(2)3/h7-12,14,16,23H,4-6,13,15H2,1-3H3. The second kappa shape index (κ2) is 8.86. The highest BCUT2D eigenvalue weighted by atomic mass is 32.2. The summed E-state index contributed by atoms with van der Waals surface area (Å²) in [6, 6.07) is 11.8. The van der Waals surface area contributed by atoms with Gasteiger partial charge in [-0.15, -0.1) is 0 Å². The lowest BCUT2D eigenvalue weighted by atomic mass is 10.0. The summed E-state index contributed by atoms with van der Waals surface area (Å²) >= 11 is 0. The molecule has 0 saturated heterocycles. The Balaban J connectivity index is 1.76. The maximum atomic E-state index is 12.7. The van der Waals surface area contributed by atoms with E-state index in [0.29, 0.717) is 36.9 Å². The Hall–Kier alpha value is -2.54. The van der Waals surface area contributed by atoms with Crippen LogP contribution in [0.5, 0.6) is 5.75 Å². The molecule has 156 valence electrons. The SMILES string of the molecule is CCC(=O)N1CCCc2cc(NS(=O)(=O)c3ccc(OCC(C)C)cc3)ccc21. The molecule has 0 aromatic heterocycles. The Kier molecular flexibility index (Phi) is 6.47. The van der Waals surface area contributed by atoms with E-state index in [1.807, 2.05) is 19.1 Å². The summed E-state index contributed by atoms with van der Waals surface area (Å²) in [6.07, 6.45) is 2.14. The number of rotatable bonds is 7. The van der Waals surface area contributed by atoms with E-state index in [-0.39, 0.29) is 10.8 Å². The van der Waals surface area contributed by atoms with Crippen LogP contribution in [0.25, 0.3) is 0 Å². The first kappa shape index (κ1) is 21.2. The van der Waals surface area contributed by atoms with Gasteiger partial charge >= 0.3 is 0 Å². The fourth-order valence-electron chi connectivity index (χ4n) is 3.30. The summed E-state index contributed by atoms with van der Waals surface area (Å²) in [5.41, 5.74) is 2.35. The number of sulfonamides is 1. The summed E-state index contributed by atoms with van der Waals surface area (Å²) in [4.78, 5) is 14.1. The van der Waals surface area contributed by atoms with Crippen LogP contribution in [-0.4, -0.2) is 27.5 Å². The minimum atomic E-state index is -3.71. The van der Waals surface area contributed by atoms with E-state index >= 15 is 0 Å². The Morgan fingerprint density at radius 2 is 1.90 bits per heavy atom. The smallest absolute Gasteiger partial charge is 0.261 e. The zero-order valence-electron chi connectivity index (χ0n) is 17.1. The minimum absolute atomic E-state index is 0.0825. The van der Waals surface area contributed by atoms with Crippen LogP contribution in [0.1, 0.15) is 39.2 Å². The van der Waals surface area contributed by atoms with Crippen LogP contribution >= 0.6 is 0 Å². The number of nitrogens with one attached hydrogen (secondary N) is 1. The Morgan fingerprint density at radius 1 is 1.17 bits per heavy atom. The van der Waals surface area contributed by atoms with Crippen LogP contribution in [0.2, 0.25) is 0 Å². The molecule has 2 aromatic carbocycles. The first-order valence-electron chi connectivity index (χ1n) is 9.99. The molecule has 0 radical (unpaired) electrons. The molecule has 0 atom stereocenters. The van der Waals surface area contributed by atoms with Gasteiger partial charge in [-0.2, -0.15) is 0 Å². The molecule has 3 rings (SSSR count). The summed E-state index contributed by atoms with van der Waals surface area (Å²) in [5.74, 6) is 1.12. The summed E-state index contributed by atoms with van der Waals surface area (Å²) < 4.78 is 33.7. The number of nitrogens with zero attached hydrogens (tertiary/aromatic N) is 1. The van der Waals surface area contributed by atoms with Crippen molar-refractivity contribution in [3.63, 3.8) is 0 Å². The number of amides is 1. The maximum Gasteiger partial charge on any atom is 0.261 e. The van der Waals surface area contributed by atoms with Crippen LogP contribution in [0, 0.1) is 5.92 Å². The fraction of sp³-hybridized carbons (Fsp3) is 0.409. The highest BCUT2D eigenvalue weighted by molar-refractivity contribution is 7.92. The number of aryl methyl sites for hydroxylation is 1. The highest BCUT2D eigenvalue weighted by Gasteiger charge is 2.22. The van der Waals surface area contributed by atoms with Crippen molar-refractivity contribution in [3.8, 4) is 5.75 Å². The molecule has 1 heterocycles. The lowest BCUT2D eigenvalue weighted by Gasteiger charge is -2.29. The molecule has 1 N–H and O–H groups in total. The number of anilines is 2. The predicted octanol–water partition coefficient (Wildman–Crippen LogP) is 4.21. The number of carbonyl (C=O) groups is 1. The Morgan fingerprint density at radius 3 is 2.55 bits per heavy atom. The quantitative estimate of drug-likeness (QED) is 0.734. The van der Waals surface area contributed by atoms with Gasteiger partial charge in [-0.25, -0.2) is 8.42 Å². The molecule has 29 heavy (non-hydrogen) atoms. The van der Waals surface area contributed by atoms with E-state index < -0.39 is 10.0 Å². The average molecular weight is 417 g/mol. The first-order chi connectivity index (χ1) is 13.8. The molecule has 7 heteroatoms. The van der Waals surface area contributed by atoms with Crippen LogP contribution in [-0.2, 0) is 21.2 Å². The van der Waals surface area contributed by atoms with Crippen molar-refractivity contribution in [1.29, 1.82) is 0 Å². The van der Waals surface area contributed by atoms with Crippen molar-refractivity contribution in [2.75, 3.05) is 22.8 Å². The van der Waals surface area contributed by atoms with Gasteiger partial charge in [0, 0.05) is 24.3 Å². The van der Waals surface area contributed by atoms with Gasteiger partial charge in [-0.1, -0.05) is 20.8 Å². The second-order valence-corrected chi connectivity index (χ2v) is 9.31. The normalized spacial score (nSPS) is 13.9. The predicted molar refractivity (Wildman–Crippen MR) is 115 cm³/mol. The van der Waals surface area contributed by atoms with E-state index in [9.17, 15) is 13.2 Å². The molecule has 2 aromatic rings. The molecule has 1 aliphatic rings. The van der Waals surface area contributed by atoms with Crippen LogP contribution < -0.4 is 14.4 Å². The highest BCUT2D eigenvalue weighted by Crippen LogP contribution is 2.31. The first-order valence-corrected chi connectivity index (χ1v) is 11.5. The maximum absolute atomic E-state index is 12.7. The number of fused-ring (bicyclic) bond motifs is 1. The Labute approximate surface area is 172 Å². The molecule has 0 bridgehead atoms. The zero-order chi connectivity index (χ0) is 21.0.